The molecule has 0 saturated carbocycles. The van der Waals surface area contributed by atoms with Crippen LogP contribution in [0.4, 0.5) is 10.1 Å². The fraction of sp³-hybridized carbons (Fsp3) is 0.370. The van der Waals surface area contributed by atoms with E-state index in [1.807, 2.05) is 30.5 Å². The van der Waals surface area contributed by atoms with Crippen molar-refractivity contribution in [3.63, 3.8) is 0 Å². The van der Waals surface area contributed by atoms with Crippen LogP contribution in [0, 0.1) is 5.82 Å². The number of ether oxygens (including phenoxy) is 3. The standard InChI is InChI=1S/C27H32FN3O4S/c1-18(29-27(32)19-16-22(33-2)26(35-4)23(17-19)34-3)25(24-10-7-15-36-24)31-13-11-30(12-14-31)21-9-6-5-8-20(21)28/h5-10,15-18,25H,11-14H2,1-4H3,(H,29,32)/t18-,25-/m0/s1. The van der Waals surface area contributed by atoms with Gasteiger partial charge in [-0.2, -0.15) is 0 Å². The Bertz CT molecular complexity index is 1140. The SMILES string of the molecule is COc1cc(C(=O)N[C@@H](C)[C@@H](c2cccs2)N2CCN(c3ccccc3F)CC2)cc(OC)c1OC. The molecule has 1 saturated heterocycles. The molecule has 36 heavy (non-hydrogen) atoms. The van der Waals surface area contributed by atoms with E-state index >= 15 is 0 Å². The van der Waals surface area contributed by atoms with Crippen molar-refractivity contribution in [3.05, 3.63) is 70.2 Å². The van der Waals surface area contributed by atoms with Crippen LogP contribution in [-0.4, -0.2) is 64.4 Å². The minimum Gasteiger partial charge on any atom is -0.493 e. The molecule has 1 fully saturated rings. The molecule has 2 aromatic carbocycles. The topological polar surface area (TPSA) is 63.3 Å². The highest BCUT2D eigenvalue weighted by Gasteiger charge is 2.32. The van der Waals surface area contributed by atoms with Crippen LogP contribution in [0.15, 0.2) is 53.9 Å². The molecule has 0 aliphatic carbocycles. The number of piperazine rings is 1. The smallest absolute Gasteiger partial charge is 0.251 e. The van der Waals surface area contributed by atoms with Gasteiger partial charge in [-0.05, 0) is 42.6 Å². The molecule has 1 amide bonds. The molecular weight excluding hydrogens is 481 g/mol. The fourth-order valence-electron chi connectivity index (χ4n) is 4.73. The molecule has 1 N–H and O–H groups in total. The minimum atomic E-state index is -0.228. The van der Waals surface area contributed by atoms with E-state index in [-0.39, 0.29) is 23.8 Å². The summed E-state index contributed by atoms with van der Waals surface area (Å²) in [7, 11) is 4.57. The molecular formula is C27H32FN3O4S. The van der Waals surface area contributed by atoms with E-state index in [1.165, 1.54) is 32.3 Å². The highest BCUT2D eigenvalue weighted by atomic mass is 32.1. The Morgan fingerprint density at radius 3 is 2.19 bits per heavy atom. The van der Waals surface area contributed by atoms with Gasteiger partial charge in [0.1, 0.15) is 5.82 Å². The van der Waals surface area contributed by atoms with Gasteiger partial charge in [0.15, 0.2) is 11.5 Å². The number of carbonyl (C=O) groups is 1. The summed E-state index contributed by atoms with van der Waals surface area (Å²) in [4.78, 5) is 18.9. The van der Waals surface area contributed by atoms with Crippen LogP contribution in [0.3, 0.4) is 0 Å². The molecule has 9 heteroatoms. The number of benzene rings is 2. The lowest BCUT2D eigenvalue weighted by molar-refractivity contribution is 0.0889. The van der Waals surface area contributed by atoms with Gasteiger partial charge in [-0.1, -0.05) is 18.2 Å². The Balaban J connectivity index is 1.51. The number of para-hydroxylation sites is 1. The van der Waals surface area contributed by atoms with E-state index in [2.05, 4.69) is 21.2 Å². The van der Waals surface area contributed by atoms with Gasteiger partial charge in [0.25, 0.3) is 5.91 Å². The number of anilines is 1. The molecule has 2 atom stereocenters. The first-order chi connectivity index (χ1) is 17.5. The quantitative estimate of drug-likeness (QED) is 0.452. The van der Waals surface area contributed by atoms with E-state index in [0.29, 0.717) is 41.6 Å². The maximum absolute atomic E-state index is 14.3. The molecule has 1 aromatic heterocycles. The lowest BCUT2D eigenvalue weighted by Gasteiger charge is -2.42. The molecule has 0 unspecified atom stereocenters. The van der Waals surface area contributed by atoms with E-state index in [4.69, 9.17) is 14.2 Å². The van der Waals surface area contributed by atoms with E-state index < -0.39 is 0 Å². The second kappa shape index (κ2) is 11.6. The van der Waals surface area contributed by atoms with Crippen LogP contribution in [0.2, 0.25) is 0 Å². The average Bonchev–Trinajstić information content (AvgIpc) is 3.43. The van der Waals surface area contributed by atoms with Crippen LogP contribution in [-0.2, 0) is 0 Å². The zero-order valence-electron chi connectivity index (χ0n) is 21.0. The van der Waals surface area contributed by atoms with Crippen LogP contribution in [0.1, 0.15) is 28.2 Å². The predicted molar refractivity (Wildman–Crippen MR) is 140 cm³/mol. The Labute approximate surface area is 215 Å². The normalized spacial score (nSPS) is 15.8. The van der Waals surface area contributed by atoms with Crippen molar-refractivity contribution in [2.75, 3.05) is 52.4 Å². The van der Waals surface area contributed by atoms with Gasteiger partial charge in [-0.25, -0.2) is 4.39 Å². The summed E-state index contributed by atoms with van der Waals surface area (Å²) in [5.74, 6) is 0.858. The van der Waals surface area contributed by atoms with Crippen molar-refractivity contribution < 1.29 is 23.4 Å². The largest absolute Gasteiger partial charge is 0.493 e. The number of halogens is 1. The number of carbonyl (C=O) groups excluding carboxylic acids is 1. The Hall–Kier alpha value is -3.30. The highest BCUT2D eigenvalue weighted by molar-refractivity contribution is 7.10. The third kappa shape index (κ3) is 5.42. The second-order valence-corrected chi connectivity index (χ2v) is 9.59. The summed E-state index contributed by atoms with van der Waals surface area (Å²) in [6, 6.07) is 14.1. The summed E-state index contributed by atoms with van der Waals surface area (Å²) in [6.45, 7) is 4.93. The molecule has 1 aliphatic heterocycles. The van der Waals surface area contributed by atoms with Crippen LogP contribution in [0.25, 0.3) is 0 Å². The molecule has 0 bridgehead atoms. The van der Waals surface area contributed by atoms with Gasteiger partial charge in [0, 0.05) is 42.7 Å². The Kier molecular flexibility index (Phi) is 8.32. The summed E-state index contributed by atoms with van der Waals surface area (Å²) in [6.07, 6.45) is 0. The monoisotopic (exact) mass is 513 g/mol. The summed E-state index contributed by atoms with van der Waals surface area (Å²) < 4.78 is 30.5. The maximum atomic E-state index is 14.3. The van der Waals surface area contributed by atoms with Crippen LogP contribution >= 0.6 is 11.3 Å². The van der Waals surface area contributed by atoms with E-state index in [0.717, 1.165) is 13.1 Å². The third-order valence-electron chi connectivity index (χ3n) is 6.49. The van der Waals surface area contributed by atoms with Crippen molar-refractivity contribution in [2.45, 2.75) is 19.0 Å². The van der Waals surface area contributed by atoms with Crippen molar-refractivity contribution in [3.8, 4) is 17.2 Å². The number of thiophene rings is 1. The van der Waals surface area contributed by atoms with E-state index in [1.54, 1.807) is 29.5 Å². The maximum Gasteiger partial charge on any atom is 0.251 e. The first-order valence-electron chi connectivity index (χ1n) is 11.8. The number of rotatable bonds is 9. The molecule has 3 aromatic rings. The Morgan fingerprint density at radius 1 is 0.972 bits per heavy atom. The van der Waals surface area contributed by atoms with Crippen LogP contribution < -0.4 is 24.4 Å². The molecule has 0 spiro atoms. The molecule has 1 aliphatic rings. The fourth-order valence-corrected chi connectivity index (χ4v) is 5.70. The van der Waals surface area contributed by atoms with Crippen molar-refractivity contribution in [2.24, 2.45) is 0 Å². The molecule has 4 rings (SSSR count). The summed E-state index contributed by atoms with van der Waals surface area (Å²) in [5, 5.41) is 5.22. The van der Waals surface area contributed by atoms with Crippen LogP contribution in [0.5, 0.6) is 17.2 Å². The molecule has 2 heterocycles. The van der Waals surface area contributed by atoms with Crippen molar-refractivity contribution >= 4 is 22.9 Å². The predicted octanol–water partition coefficient (Wildman–Crippen LogP) is 4.59. The minimum absolute atomic E-state index is 0.0150. The van der Waals surface area contributed by atoms with E-state index in [9.17, 15) is 9.18 Å². The van der Waals surface area contributed by atoms with Gasteiger partial charge in [-0.3, -0.25) is 9.69 Å². The summed E-state index contributed by atoms with van der Waals surface area (Å²) >= 11 is 1.67. The number of amides is 1. The van der Waals surface area contributed by atoms with Gasteiger partial charge >= 0.3 is 0 Å². The molecule has 192 valence electrons. The van der Waals surface area contributed by atoms with Crippen molar-refractivity contribution in [1.82, 2.24) is 10.2 Å². The highest BCUT2D eigenvalue weighted by Crippen LogP contribution is 2.38. The number of nitrogens with zero attached hydrogens (tertiary/aromatic N) is 2. The molecule has 7 nitrogen and oxygen atoms in total. The molecule has 0 radical (unpaired) electrons. The van der Waals surface area contributed by atoms with Gasteiger partial charge in [0.05, 0.1) is 33.1 Å². The number of hydrogen-bond acceptors (Lipinski definition) is 7. The zero-order valence-corrected chi connectivity index (χ0v) is 21.8. The van der Waals surface area contributed by atoms with Gasteiger partial charge in [-0.15, -0.1) is 11.3 Å². The average molecular weight is 514 g/mol. The van der Waals surface area contributed by atoms with Gasteiger partial charge in [0.2, 0.25) is 5.75 Å². The summed E-state index contributed by atoms with van der Waals surface area (Å²) in [5.41, 5.74) is 1.05. The zero-order chi connectivity index (χ0) is 25.7. The van der Waals surface area contributed by atoms with Gasteiger partial charge < -0.3 is 24.4 Å². The number of methoxy groups -OCH3 is 3. The van der Waals surface area contributed by atoms with Crippen molar-refractivity contribution in [1.29, 1.82) is 0 Å². The number of nitrogens with one attached hydrogen (secondary N) is 1. The first-order valence-corrected chi connectivity index (χ1v) is 12.7. The lowest BCUT2D eigenvalue weighted by atomic mass is 10.0. The number of hydrogen-bond donors (Lipinski definition) is 1. The first kappa shape index (κ1) is 25.8. The lowest BCUT2D eigenvalue weighted by Crippen LogP contribution is -2.52. The Morgan fingerprint density at radius 2 is 1.64 bits per heavy atom. The second-order valence-electron chi connectivity index (χ2n) is 8.61. The third-order valence-corrected chi connectivity index (χ3v) is 7.44.